The molecular formula is C16H24O2. The van der Waals surface area contributed by atoms with E-state index in [4.69, 9.17) is 5.11 Å². The van der Waals surface area contributed by atoms with Gasteiger partial charge in [0.05, 0.1) is 6.42 Å². The molecule has 100 valence electrons. The first-order chi connectivity index (χ1) is 8.58. The highest BCUT2D eigenvalue weighted by molar-refractivity contribution is 5.72. The zero-order valence-corrected chi connectivity index (χ0v) is 12.0. The second kappa shape index (κ2) is 6.58. The van der Waals surface area contributed by atoms with Gasteiger partial charge in [-0.3, -0.25) is 4.79 Å². The van der Waals surface area contributed by atoms with Gasteiger partial charge in [0.15, 0.2) is 0 Å². The summed E-state index contributed by atoms with van der Waals surface area (Å²) in [5.74, 6) is -0.727. The Hall–Kier alpha value is -1.31. The van der Waals surface area contributed by atoms with Crippen molar-refractivity contribution >= 4 is 5.97 Å². The van der Waals surface area contributed by atoms with Crippen LogP contribution >= 0.6 is 0 Å². The quantitative estimate of drug-likeness (QED) is 0.835. The van der Waals surface area contributed by atoms with Gasteiger partial charge >= 0.3 is 5.97 Å². The molecule has 0 unspecified atom stereocenters. The van der Waals surface area contributed by atoms with Crippen molar-refractivity contribution in [2.24, 2.45) is 0 Å². The molecule has 0 saturated heterocycles. The van der Waals surface area contributed by atoms with Crippen LogP contribution in [-0.4, -0.2) is 11.1 Å². The van der Waals surface area contributed by atoms with Gasteiger partial charge in [-0.25, -0.2) is 0 Å². The van der Waals surface area contributed by atoms with E-state index in [0.717, 1.165) is 31.2 Å². The summed E-state index contributed by atoms with van der Waals surface area (Å²) < 4.78 is 0. The molecule has 1 aromatic carbocycles. The lowest BCUT2D eigenvalue weighted by molar-refractivity contribution is -0.136. The van der Waals surface area contributed by atoms with E-state index in [2.05, 4.69) is 33.8 Å². The number of carboxylic acid groups (broad SMARTS) is 1. The predicted molar refractivity (Wildman–Crippen MR) is 75.3 cm³/mol. The molecule has 18 heavy (non-hydrogen) atoms. The van der Waals surface area contributed by atoms with Crippen molar-refractivity contribution in [1.82, 2.24) is 0 Å². The van der Waals surface area contributed by atoms with Crippen molar-refractivity contribution < 1.29 is 9.90 Å². The number of aryl methyl sites for hydroxylation is 2. The standard InChI is InChI=1S/C16H24O2/c1-5-11-9-12(6-2)14(8-4)15(10-16(17)18)13(11)7-3/h9H,5-8,10H2,1-4H3,(H,17,18). The minimum Gasteiger partial charge on any atom is -0.481 e. The van der Waals surface area contributed by atoms with E-state index in [1.807, 2.05) is 0 Å². The normalized spacial score (nSPS) is 10.7. The fraction of sp³-hybridized carbons (Fsp3) is 0.562. The fourth-order valence-electron chi connectivity index (χ4n) is 2.83. The van der Waals surface area contributed by atoms with Gasteiger partial charge in [0.2, 0.25) is 0 Å². The Morgan fingerprint density at radius 2 is 1.33 bits per heavy atom. The smallest absolute Gasteiger partial charge is 0.307 e. The first kappa shape index (κ1) is 14.7. The van der Waals surface area contributed by atoms with E-state index >= 15 is 0 Å². The van der Waals surface area contributed by atoms with Gasteiger partial charge in [0.25, 0.3) is 0 Å². The average Bonchev–Trinajstić information content (AvgIpc) is 2.36. The monoisotopic (exact) mass is 248 g/mol. The summed E-state index contributed by atoms with van der Waals surface area (Å²) in [4.78, 5) is 11.1. The lowest BCUT2D eigenvalue weighted by Gasteiger charge is -2.19. The summed E-state index contributed by atoms with van der Waals surface area (Å²) in [7, 11) is 0. The number of carboxylic acids is 1. The van der Waals surface area contributed by atoms with Gasteiger partial charge < -0.3 is 5.11 Å². The molecule has 2 nitrogen and oxygen atoms in total. The zero-order chi connectivity index (χ0) is 13.7. The van der Waals surface area contributed by atoms with Crippen LogP contribution in [0, 0.1) is 0 Å². The Morgan fingerprint density at radius 1 is 0.889 bits per heavy atom. The fourth-order valence-corrected chi connectivity index (χ4v) is 2.83. The molecule has 0 spiro atoms. The maximum absolute atomic E-state index is 11.1. The highest BCUT2D eigenvalue weighted by Gasteiger charge is 2.16. The second-order valence-corrected chi connectivity index (χ2v) is 4.62. The molecule has 0 fully saturated rings. The lowest BCUT2D eigenvalue weighted by atomic mass is 9.86. The number of rotatable bonds is 6. The summed E-state index contributed by atoms with van der Waals surface area (Å²) >= 11 is 0. The third-order valence-electron chi connectivity index (χ3n) is 3.65. The SMILES string of the molecule is CCc1cc(CC)c(CC)c(CC(=O)O)c1CC. The van der Waals surface area contributed by atoms with Crippen LogP contribution in [0.4, 0.5) is 0 Å². The molecule has 0 saturated carbocycles. The van der Waals surface area contributed by atoms with E-state index in [0.29, 0.717) is 0 Å². The highest BCUT2D eigenvalue weighted by atomic mass is 16.4. The van der Waals surface area contributed by atoms with Gasteiger partial charge in [0.1, 0.15) is 0 Å². The molecule has 0 radical (unpaired) electrons. The van der Waals surface area contributed by atoms with E-state index in [1.165, 1.54) is 22.3 Å². The maximum atomic E-state index is 11.1. The Bertz CT molecular complexity index is 403. The van der Waals surface area contributed by atoms with E-state index < -0.39 is 5.97 Å². The van der Waals surface area contributed by atoms with Crippen LogP contribution in [0.1, 0.15) is 55.5 Å². The largest absolute Gasteiger partial charge is 0.481 e. The van der Waals surface area contributed by atoms with Crippen LogP contribution < -0.4 is 0 Å². The van der Waals surface area contributed by atoms with Gasteiger partial charge in [0, 0.05) is 0 Å². The summed E-state index contributed by atoms with van der Waals surface area (Å²) in [6.45, 7) is 8.52. The molecule has 0 aromatic heterocycles. The Morgan fingerprint density at radius 3 is 1.61 bits per heavy atom. The van der Waals surface area contributed by atoms with Crippen LogP contribution in [0.3, 0.4) is 0 Å². The van der Waals surface area contributed by atoms with Crippen LogP contribution in [-0.2, 0) is 36.9 Å². The summed E-state index contributed by atoms with van der Waals surface area (Å²) in [6.07, 6.45) is 3.96. The number of benzene rings is 1. The molecule has 0 amide bonds. The van der Waals surface area contributed by atoms with Crippen molar-refractivity contribution in [3.8, 4) is 0 Å². The minimum atomic E-state index is -0.727. The maximum Gasteiger partial charge on any atom is 0.307 e. The Kier molecular flexibility index (Phi) is 5.39. The lowest BCUT2D eigenvalue weighted by Crippen LogP contribution is -2.11. The third-order valence-corrected chi connectivity index (χ3v) is 3.65. The van der Waals surface area contributed by atoms with E-state index in [1.54, 1.807) is 0 Å². The van der Waals surface area contributed by atoms with Crippen molar-refractivity contribution in [2.45, 2.75) is 59.8 Å². The minimum absolute atomic E-state index is 0.160. The zero-order valence-electron chi connectivity index (χ0n) is 12.0. The number of hydrogen-bond acceptors (Lipinski definition) is 1. The van der Waals surface area contributed by atoms with Gasteiger partial charge in [-0.2, -0.15) is 0 Å². The van der Waals surface area contributed by atoms with Crippen molar-refractivity contribution in [2.75, 3.05) is 0 Å². The summed E-state index contributed by atoms with van der Waals surface area (Å²) in [5.41, 5.74) is 6.23. The summed E-state index contributed by atoms with van der Waals surface area (Å²) in [6, 6.07) is 2.28. The van der Waals surface area contributed by atoms with Crippen LogP contribution in [0.15, 0.2) is 6.07 Å². The summed E-state index contributed by atoms with van der Waals surface area (Å²) in [5, 5.41) is 9.13. The van der Waals surface area contributed by atoms with Crippen molar-refractivity contribution in [3.05, 3.63) is 33.9 Å². The topological polar surface area (TPSA) is 37.3 Å². The number of carbonyl (C=O) groups is 1. The van der Waals surface area contributed by atoms with Gasteiger partial charge in [-0.05, 0) is 53.5 Å². The first-order valence-electron chi connectivity index (χ1n) is 6.95. The molecule has 0 heterocycles. The molecule has 1 N–H and O–H groups in total. The predicted octanol–water partition coefficient (Wildman–Crippen LogP) is 3.56. The first-order valence-corrected chi connectivity index (χ1v) is 6.95. The molecular weight excluding hydrogens is 224 g/mol. The molecule has 2 heteroatoms. The van der Waals surface area contributed by atoms with E-state index in [9.17, 15) is 4.79 Å². The Labute approximate surface area is 110 Å². The number of aliphatic carboxylic acids is 1. The number of hydrogen-bond donors (Lipinski definition) is 1. The molecule has 0 aliphatic heterocycles. The average molecular weight is 248 g/mol. The van der Waals surface area contributed by atoms with Crippen LogP contribution in [0.5, 0.6) is 0 Å². The molecule has 0 aliphatic rings. The second-order valence-electron chi connectivity index (χ2n) is 4.62. The highest BCUT2D eigenvalue weighted by Crippen LogP contribution is 2.26. The van der Waals surface area contributed by atoms with Crippen LogP contribution in [0.2, 0.25) is 0 Å². The third kappa shape index (κ3) is 2.92. The van der Waals surface area contributed by atoms with Crippen molar-refractivity contribution in [3.63, 3.8) is 0 Å². The van der Waals surface area contributed by atoms with Crippen molar-refractivity contribution in [1.29, 1.82) is 0 Å². The molecule has 1 rings (SSSR count). The van der Waals surface area contributed by atoms with Gasteiger partial charge in [-0.1, -0.05) is 33.8 Å². The van der Waals surface area contributed by atoms with Gasteiger partial charge in [-0.15, -0.1) is 0 Å². The molecule has 1 aromatic rings. The Balaban J connectivity index is 3.51. The van der Waals surface area contributed by atoms with Crippen LogP contribution in [0.25, 0.3) is 0 Å². The molecule has 0 aliphatic carbocycles. The molecule has 0 atom stereocenters. The van der Waals surface area contributed by atoms with E-state index in [-0.39, 0.29) is 6.42 Å². The molecule has 0 bridgehead atoms.